The topological polar surface area (TPSA) is 43.4 Å². The Hall–Kier alpha value is -1.03. The molecule has 0 amide bonds. The largest absolute Gasteiger partial charge is 0.475 e. The Morgan fingerprint density at radius 2 is 1.93 bits per heavy atom. The third kappa shape index (κ3) is 1.90. The molecule has 3 nitrogen and oxygen atoms in total. The molecule has 1 aromatic rings. The second-order valence-corrected chi connectivity index (χ2v) is 5.63. The Kier molecular flexibility index (Phi) is 2.46. The zero-order valence-corrected chi connectivity index (χ0v) is 8.53. The summed E-state index contributed by atoms with van der Waals surface area (Å²) in [4.78, 5) is 0. The predicted octanol–water partition coefficient (Wildman–Crippen LogP) is 1.60. The molecule has 0 spiro atoms. The minimum absolute atomic E-state index is 0.254. The molecular weight excluding hydrogens is 200 g/mol. The molecule has 0 radical (unpaired) electrons. The van der Waals surface area contributed by atoms with Gasteiger partial charge >= 0.3 is 0 Å². The third-order valence-corrected chi connectivity index (χ3v) is 4.27. The summed E-state index contributed by atoms with van der Waals surface area (Å²) in [5.74, 6) is 0.882. The molecule has 1 aliphatic heterocycles. The summed E-state index contributed by atoms with van der Waals surface area (Å²) in [6.45, 7) is 0. The molecule has 0 aliphatic carbocycles. The molecule has 2 rings (SSSR count). The van der Waals surface area contributed by atoms with Crippen molar-refractivity contribution in [3.63, 3.8) is 0 Å². The average molecular weight is 212 g/mol. The van der Waals surface area contributed by atoms with Gasteiger partial charge in [0.2, 0.25) is 0 Å². The number of para-hydroxylation sites is 1. The number of sulfone groups is 1. The summed E-state index contributed by atoms with van der Waals surface area (Å²) in [7, 11) is -3.01. The standard InChI is InChI=1S/C10H12O3S/c11-14(12)8-4-7-10(14)13-9-5-2-1-3-6-9/h1-3,5-6,10H,4,7-8H2. The van der Waals surface area contributed by atoms with Crippen LogP contribution in [0.2, 0.25) is 0 Å². The maximum absolute atomic E-state index is 11.4. The van der Waals surface area contributed by atoms with Gasteiger partial charge in [-0.25, -0.2) is 8.42 Å². The zero-order valence-electron chi connectivity index (χ0n) is 7.72. The van der Waals surface area contributed by atoms with Crippen LogP contribution in [-0.4, -0.2) is 19.6 Å². The minimum Gasteiger partial charge on any atom is -0.475 e. The van der Waals surface area contributed by atoms with E-state index in [4.69, 9.17) is 4.74 Å². The molecule has 1 fully saturated rings. The highest BCUT2D eigenvalue weighted by Gasteiger charge is 2.32. The lowest BCUT2D eigenvalue weighted by molar-refractivity contribution is 0.273. The first kappa shape index (κ1) is 9.52. The van der Waals surface area contributed by atoms with Crippen molar-refractivity contribution in [2.45, 2.75) is 18.3 Å². The number of rotatable bonds is 2. The van der Waals surface area contributed by atoms with Gasteiger partial charge in [-0.1, -0.05) is 18.2 Å². The van der Waals surface area contributed by atoms with E-state index < -0.39 is 15.3 Å². The van der Waals surface area contributed by atoms with E-state index in [1.54, 1.807) is 12.1 Å². The normalized spacial score (nSPS) is 24.7. The van der Waals surface area contributed by atoms with Crippen molar-refractivity contribution in [3.8, 4) is 5.75 Å². The highest BCUT2D eigenvalue weighted by molar-refractivity contribution is 7.92. The number of hydrogen-bond donors (Lipinski definition) is 0. The number of ether oxygens (including phenoxy) is 1. The van der Waals surface area contributed by atoms with Gasteiger partial charge < -0.3 is 4.74 Å². The zero-order chi connectivity index (χ0) is 10.0. The van der Waals surface area contributed by atoms with E-state index in [-0.39, 0.29) is 5.75 Å². The van der Waals surface area contributed by atoms with Crippen LogP contribution in [0.15, 0.2) is 30.3 Å². The fourth-order valence-corrected chi connectivity index (χ4v) is 3.16. The molecule has 0 saturated carbocycles. The van der Waals surface area contributed by atoms with Crippen LogP contribution in [0.3, 0.4) is 0 Å². The number of benzene rings is 1. The van der Waals surface area contributed by atoms with Crippen molar-refractivity contribution < 1.29 is 13.2 Å². The molecule has 4 heteroatoms. The molecule has 14 heavy (non-hydrogen) atoms. The molecule has 0 N–H and O–H groups in total. The van der Waals surface area contributed by atoms with Crippen molar-refractivity contribution >= 4 is 9.84 Å². The second kappa shape index (κ2) is 3.61. The van der Waals surface area contributed by atoms with Crippen LogP contribution in [0, 0.1) is 0 Å². The maximum Gasteiger partial charge on any atom is 0.199 e. The van der Waals surface area contributed by atoms with Crippen LogP contribution in [0.4, 0.5) is 0 Å². The highest BCUT2D eigenvalue weighted by atomic mass is 32.2. The van der Waals surface area contributed by atoms with Gasteiger partial charge in [-0.2, -0.15) is 0 Å². The van der Waals surface area contributed by atoms with E-state index in [9.17, 15) is 8.42 Å². The molecule has 1 atom stereocenters. The summed E-state index contributed by atoms with van der Waals surface area (Å²) in [5.41, 5.74) is -0.634. The Morgan fingerprint density at radius 1 is 1.21 bits per heavy atom. The lowest BCUT2D eigenvalue weighted by Gasteiger charge is -2.12. The van der Waals surface area contributed by atoms with Crippen molar-refractivity contribution in [2.75, 3.05) is 5.75 Å². The van der Waals surface area contributed by atoms with Crippen molar-refractivity contribution in [1.29, 1.82) is 0 Å². The molecule has 0 aromatic heterocycles. The van der Waals surface area contributed by atoms with Gasteiger partial charge in [0.15, 0.2) is 15.3 Å². The van der Waals surface area contributed by atoms with Gasteiger partial charge in [0, 0.05) is 0 Å². The van der Waals surface area contributed by atoms with Crippen LogP contribution in [-0.2, 0) is 9.84 Å². The first-order valence-electron chi connectivity index (χ1n) is 4.62. The van der Waals surface area contributed by atoms with Gasteiger partial charge in [0.25, 0.3) is 0 Å². The van der Waals surface area contributed by atoms with Gasteiger partial charge in [0.1, 0.15) is 5.75 Å². The fraction of sp³-hybridized carbons (Fsp3) is 0.400. The summed E-state index contributed by atoms with van der Waals surface area (Å²) >= 11 is 0. The Morgan fingerprint density at radius 3 is 2.50 bits per heavy atom. The molecular formula is C10H12O3S. The van der Waals surface area contributed by atoms with Gasteiger partial charge in [-0.05, 0) is 25.0 Å². The highest BCUT2D eigenvalue weighted by Crippen LogP contribution is 2.23. The molecule has 1 unspecified atom stereocenters. The molecule has 1 saturated heterocycles. The summed E-state index contributed by atoms with van der Waals surface area (Å²) in [6.07, 6.45) is 1.32. The van der Waals surface area contributed by atoms with Gasteiger partial charge in [-0.15, -0.1) is 0 Å². The molecule has 0 bridgehead atoms. The SMILES string of the molecule is O=S1(=O)CCCC1Oc1ccccc1. The van der Waals surface area contributed by atoms with Crippen LogP contribution >= 0.6 is 0 Å². The molecule has 1 aliphatic rings. The van der Waals surface area contributed by atoms with E-state index in [2.05, 4.69) is 0 Å². The van der Waals surface area contributed by atoms with Crippen molar-refractivity contribution in [1.82, 2.24) is 0 Å². The maximum atomic E-state index is 11.4. The van der Waals surface area contributed by atoms with E-state index >= 15 is 0 Å². The molecule has 1 heterocycles. The second-order valence-electron chi connectivity index (χ2n) is 3.37. The van der Waals surface area contributed by atoms with Crippen LogP contribution in [0.25, 0.3) is 0 Å². The third-order valence-electron chi connectivity index (χ3n) is 2.28. The summed E-state index contributed by atoms with van der Waals surface area (Å²) in [6, 6.07) is 9.07. The quantitative estimate of drug-likeness (QED) is 0.748. The van der Waals surface area contributed by atoms with Gasteiger partial charge in [0.05, 0.1) is 5.75 Å². The van der Waals surface area contributed by atoms with E-state index in [0.717, 1.165) is 0 Å². The first-order valence-corrected chi connectivity index (χ1v) is 6.33. The summed E-state index contributed by atoms with van der Waals surface area (Å²) < 4.78 is 28.3. The van der Waals surface area contributed by atoms with E-state index in [0.29, 0.717) is 18.6 Å². The molecule has 76 valence electrons. The van der Waals surface area contributed by atoms with Crippen LogP contribution < -0.4 is 4.74 Å². The lowest BCUT2D eigenvalue weighted by Crippen LogP contribution is -2.22. The van der Waals surface area contributed by atoms with E-state index in [1.807, 2.05) is 18.2 Å². The Balaban J connectivity index is 2.13. The first-order chi connectivity index (χ1) is 6.68. The minimum atomic E-state index is -3.01. The monoisotopic (exact) mass is 212 g/mol. The van der Waals surface area contributed by atoms with Crippen LogP contribution in [0.1, 0.15) is 12.8 Å². The summed E-state index contributed by atoms with van der Waals surface area (Å²) in [5, 5.41) is 0. The predicted molar refractivity (Wildman–Crippen MR) is 53.9 cm³/mol. The smallest absolute Gasteiger partial charge is 0.199 e. The lowest BCUT2D eigenvalue weighted by atomic mass is 10.3. The van der Waals surface area contributed by atoms with Crippen molar-refractivity contribution in [3.05, 3.63) is 30.3 Å². The van der Waals surface area contributed by atoms with E-state index in [1.165, 1.54) is 0 Å². The Labute approximate surface area is 83.6 Å². The van der Waals surface area contributed by atoms with Crippen LogP contribution in [0.5, 0.6) is 5.75 Å². The van der Waals surface area contributed by atoms with Crippen molar-refractivity contribution in [2.24, 2.45) is 0 Å². The average Bonchev–Trinajstić information content (AvgIpc) is 2.48. The van der Waals surface area contributed by atoms with Gasteiger partial charge in [-0.3, -0.25) is 0 Å². The molecule has 1 aromatic carbocycles. The Bertz CT molecular complexity index is 397. The fourth-order valence-electron chi connectivity index (χ4n) is 1.55. The number of hydrogen-bond acceptors (Lipinski definition) is 3.